The number of piperazine rings is 1. The third-order valence-corrected chi connectivity index (χ3v) is 7.10. The fourth-order valence-electron chi connectivity index (χ4n) is 3.42. The minimum atomic E-state index is -3.54. The molecule has 8 nitrogen and oxygen atoms in total. The molecule has 0 bridgehead atoms. The first kappa shape index (κ1) is 21.1. The van der Waals surface area contributed by atoms with Gasteiger partial charge in [-0.1, -0.05) is 34.5 Å². The Morgan fingerprint density at radius 3 is 2.19 bits per heavy atom. The van der Waals surface area contributed by atoms with E-state index in [2.05, 4.69) is 10.2 Å². The van der Waals surface area contributed by atoms with Crippen molar-refractivity contribution in [3.63, 3.8) is 0 Å². The van der Waals surface area contributed by atoms with Gasteiger partial charge in [0.1, 0.15) is 0 Å². The van der Waals surface area contributed by atoms with Gasteiger partial charge in [-0.15, -0.1) is 14.5 Å². The third kappa shape index (κ3) is 4.48. The molecule has 1 unspecified atom stereocenters. The predicted molar refractivity (Wildman–Crippen MR) is 115 cm³/mol. The van der Waals surface area contributed by atoms with Crippen LogP contribution in [0.15, 0.2) is 71.6 Å². The van der Waals surface area contributed by atoms with Crippen molar-refractivity contribution in [1.82, 2.24) is 19.4 Å². The van der Waals surface area contributed by atoms with Gasteiger partial charge in [-0.2, -0.15) is 0 Å². The summed E-state index contributed by atoms with van der Waals surface area (Å²) in [5.41, 5.74) is 2.06. The van der Waals surface area contributed by atoms with Gasteiger partial charge < -0.3 is 14.2 Å². The van der Waals surface area contributed by atoms with Crippen molar-refractivity contribution in [3.05, 3.63) is 72.3 Å². The van der Waals surface area contributed by atoms with Crippen molar-refractivity contribution >= 4 is 16.3 Å². The van der Waals surface area contributed by atoms with Crippen LogP contribution in [0.4, 0.5) is 0 Å². The van der Waals surface area contributed by atoms with Crippen molar-refractivity contribution < 1.29 is 18.3 Å². The number of benzene rings is 2. The van der Waals surface area contributed by atoms with E-state index in [1.807, 2.05) is 12.1 Å². The summed E-state index contributed by atoms with van der Waals surface area (Å²) in [4.78, 5) is 14.8. The Morgan fingerprint density at radius 2 is 1.61 bits per heavy atom. The highest BCUT2D eigenvalue weighted by molar-refractivity contribution is 7.95. The van der Waals surface area contributed by atoms with E-state index < -0.39 is 10.4 Å². The van der Waals surface area contributed by atoms with Crippen molar-refractivity contribution in [2.45, 2.75) is 4.90 Å². The Balaban J connectivity index is 1.40. The molecule has 160 valence electrons. The highest BCUT2D eigenvalue weighted by atomic mass is 32.3. The van der Waals surface area contributed by atoms with Crippen LogP contribution in [0.2, 0.25) is 0 Å². The second-order valence-electron chi connectivity index (χ2n) is 7.05. The number of carbonyl (C=O) groups excluding carboxylic acids is 1. The summed E-state index contributed by atoms with van der Waals surface area (Å²) in [6.45, 7) is 1.22. The van der Waals surface area contributed by atoms with E-state index in [1.165, 1.54) is 11.4 Å². The largest absolute Gasteiger partial charge is 0.593 e. The number of hydrogen-bond acceptors (Lipinski definition) is 6. The van der Waals surface area contributed by atoms with Crippen molar-refractivity contribution in [2.24, 2.45) is 0 Å². The SMILES string of the molecule is COc1ccc(-c2ccc(C(=O)N3CCN([S+](=O)([O-])c4ccccc4)CC3)cc2)nn1. The zero-order valence-corrected chi connectivity index (χ0v) is 17.8. The predicted octanol–water partition coefficient (Wildman–Crippen LogP) is 2.51. The summed E-state index contributed by atoms with van der Waals surface area (Å²) in [6.07, 6.45) is 0. The fourth-order valence-corrected chi connectivity index (χ4v) is 4.87. The molecule has 2 heterocycles. The highest BCUT2D eigenvalue weighted by Crippen LogP contribution is 2.23. The average molecular weight is 439 g/mol. The quantitative estimate of drug-likeness (QED) is 0.568. The molecule has 0 spiro atoms. The smallest absolute Gasteiger partial charge is 0.253 e. The maximum Gasteiger partial charge on any atom is 0.253 e. The first-order chi connectivity index (χ1) is 15.0. The molecular weight excluding hydrogens is 416 g/mol. The van der Waals surface area contributed by atoms with Gasteiger partial charge in [-0.3, -0.25) is 4.79 Å². The molecule has 0 saturated carbocycles. The maximum atomic E-state index is 12.9. The number of aromatic nitrogens is 2. The summed E-state index contributed by atoms with van der Waals surface area (Å²) in [5, 5.41) is 8.06. The molecule has 1 fully saturated rings. The third-order valence-electron chi connectivity index (χ3n) is 5.18. The van der Waals surface area contributed by atoms with Crippen molar-refractivity contribution in [1.29, 1.82) is 0 Å². The number of rotatable bonds is 5. The molecule has 1 aliphatic rings. The monoisotopic (exact) mass is 438 g/mol. The molecule has 4 rings (SSSR count). The fraction of sp³-hybridized carbons (Fsp3) is 0.227. The van der Waals surface area contributed by atoms with E-state index in [0.29, 0.717) is 30.2 Å². The molecule has 3 aromatic rings. The molecule has 0 aliphatic carbocycles. The van der Waals surface area contributed by atoms with Crippen LogP contribution in [0.5, 0.6) is 5.88 Å². The number of carbonyl (C=O) groups is 1. The van der Waals surface area contributed by atoms with E-state index in [1.54, 1.807) is 59.5 Å². The Morgan fingerprint density at radius 1 is 0.935 bits per heavy atom. The molecule has 9 heteroatoms. The lowest BCUT2D eigenvalue weighted by Gasteiger charge is -2.35. The normalized spacial score (nSPS) is 16.5. The number of hydrogen-bond donors (Lipinski definition) is 0. The molecule has 31 heavy (non-hydrogen) atoms. The van der Waals surface area contributed by atoms with Gasteiger partial charge in [0.15, 0.2) is 15.3 Å². The zero-order chi connectivity index (χ0) is 21.8. The molecular formula is C22H22N4O4S. The highest BCUT2D eigenvalue weighted by Gasteiger charge is 2.34. The molecule has 2 aromatic carbocycles. The van der Waals surface area contributed by atoms with Crippen LogP contribution >= 0.6 is 0 Å². The maximum absolute atomic E-state index is 12.9. The molecule has 1 amide bonds. The Labute approximate surface area is 181 Å². The van der Waals surface area contributed by atoms with Gasteiger partial charge in [0.2, 0.25) is 5.88 Å². The topological polar surface area (TPSA) is 98.7 Å². The average Bonchev–Trinajstić information content (AvgIpc) is 2.84. The lowest BCUT2D eigenvalue weighted by Crippen LogP contribution is -2.52. The molecule has 0 N–H and O–H groups in total. The summed E-state index contributed by atoms with van der Waals surface area (Å²) < 4.78 is 31.9. The van der Waals surface area contributed by atoms with E-state index in [0.717, 1.165) is 5.56 Å². The Bertz CT molecular complexity index is 1080. The molecule has 1 atom stereocenters. The van der Waals surface area contributed by atoms with Crippen LogP contribution in [0.3, 0.4) is 0 Å². The minimum absolute atomic E-state index is 0.121. The van der Waals surface area contributed by atoms with E-state index in [4.69, 9.17) is 4.74 Å². The van der Waals surface area contributed by atoms with Crippen molar-refractivity contribution in [2.75, 3.05) is 33.3 Å². The minimum Gasteiger partial charge on any atom is -0.593 e. The second-order valence-corrected chi connectivity index (χ2v) is 8.99. The van der Waals surface area contributed by atoms with Crippen LogP contribution in [0.25, 0.3) is 11.3 Å². The van der Waals surface area contributed by atoms with Gasteiger partial charge in [-0.05, 0) is 30.3 Å². The molecule has 1 aliphatic heterocycles. The van der Waals surface area contributed by atoms with Crippen LogP contribution in [-0.2, 0) is 14.6 Å². The van der Waals surface area contributed by atoms with Crippen LogP contribution in [0, 0.1) is 0 Å². The van der Waals surface area contributed by atoms with E-state index >= 15 is 0 Å². The number of sulfonamides is 1. The number of methoxy groups -OCH3 is 1. The lowest BCUT2D eigenvalue weighted by atomic mass is 10.1. The van der Waals surface area contributed by atoms with E-state index in [9.17, 15) is 13.6 Å². The first-order valence-electron chi connectivity index (χ1n) is 9.81. The van der Waals surface area contributed by atoms with Crippen LogP contribution in [0.1, 0.15) is 10.4 Å². The van der Waals surface area contributed by atoms with Gasteiger partial charge in [0.25, 0.3) is 5.91 Å². The summed E-state index contributed by atoms with van der Waals surface area (Å²) in [7, 11) is -2.01. The van der Waals surface area contributed by atoms with Gasteiger partial charge >= 0.3 is 0 Å². The molecule has 1 aromatic heterocycles. The number of amides is 1. The zero-order valence-electron chi connectivity index (χ0n) is 17.0. The Kier molecular flexibility index (Phi) is 6.08. The van der Waals surface area contributed by atoms with Gasteiger partial charge in [0, 0.05) is 30.3 Å². The standard InChI is InChI=1S/C22H22N4O4S/c1-30-21-12-11-20(23-24-21)17-7-9-18(10-8-17)22(27)25-13-15-26(16-14-25)31(28,29)19-5-3-2-4-6-19/h2-12H,13-16H2,1H3. The van der Waals surface area contributed by atoms with Gasteiger partial charge in [0.05, 0.1) is 25.9 Å². The molecule has 1 saturated heterocycles. The van der Waals surface area contributed by atoms with E-state index in [-0.39, 0.29) is 23.9 Å². The lowest BCUT2D eigenvalue weighted by molar-refractivity contribution is 0.0693. The van der Waals surface area contributed by atoms with Crippen LogP contribution < -0.4 is 4.74 Å². The summed E-state index contributed by atoms with van der Waals surface area (Å²) in [5.74, 6) is 0.313. The van der Waals surface area contributed by atoms with Crippen LogP contribution in [-0.4, -0.2) is 63.2 Å². The van der Waals surface area contributed by atoms with Gasteiger partial charge in [-0.25, -0.2) is 0 Å². The second kappa shape index (κ2) is 8.93. The Hall–Kier alpha value is -3.14. The van der Waals surface area contributed by atoms with Crippen molar-refractivity contribution in [3.8, 4) is 17.1 Å². The first-order valence-corrected chi connectivity index (χ1v) is 11.3. The summed E-state index contributed by atoms with van der Waals surface area (Å²) >= 11 is 0. The number of ether oxygens (including phenoxy) is 1. The molecule has 0 radical (unpaired) electrons. The summed E-state index contributed by atoms with van der Waals surface area (Å²) in [6, 6.07) is 19.0. The number of nitrogens with zero attached hydrogens (tertiary/aromatic N) is 4.